The maximum absolute atomic E-state index is 11.9. The van der Waals surface area contributed by atoms with Crippen molar-refractivity contribution < 1.29 is 19.0 Å². The van der Waals surface area contributed by atoms with E-state index in [-0.39, 0.29) is 0 Å². The molecule has 0 spiro atoms. The van der Waals surface area contributed by atoms with Crippen molar-refractivity contribution in [2.24, 2.45) is 5.73 Å². The van der Waals surface area contributed by atoms with E-state index in [1.54, 1.807) is 6.92 Å². The first kappa shape index (κ1) is 21.4. The first-order valence-electron chi connectivity index (χ1n) is 10.0. The van der Waals surface area contributed by atoms with Crippen LogP contribution in [0.5, 0.6) is 11.5 Å². The summed E-state index contributed by atoms with van der Waals surface area (Å²) in [5.41, 5.74) is 9.00. The third kappa shape index (κ3) is 6.64. The highest BCUT2D eigenvalue weighted by Gasteiger charge is 2.16. The molecule has 3 rings (SSSR count). The molecule has 0 radical (unpaired) electrons. The molecule has 0 saturated carbocycles. The number of hydrogen-bond acceptors (Lipinski definition) is 5. The monoisotopic (exact) mass is 405 g/mol. The standard InChI is InChI=1S/C25H27NO4/c1-2-28-25(27)24(26)15-21-13-22(29-17-19-9-5-3-6-10-19)16-23(14-21)30-18-20-11-7-4-8-12-20/h3-14,16,24H,2,15,17-18,26H2,1H3. The molecule has 0 fully saturated rings. The number of hydrogen-bond donors (Lipinski definition) is 1. The summed E-state index contributed by atoms with van der Waals surface area (Å²) in [5, 5.41) is 0. The summed E-state index contributed by atoms with van der Waals surface area (Å²) >= 11 is 0. The van der Waals surface area contributed by atoms with Crippen LogP contribution in [0.3, 0.4) is 0 Å². The molecular formula is C25H27NO4. The van der Waals surface area contributed by atoms with Gasteiger partial charge in [0.15, 0.2) is 0 Å². The lowest BCUT2D eigenvalue weighted by Gasteiger charge is -2.15. The van der Waals surface area contributed by atoms with Crippen molar-refractivity contribution in [1.82, 2.24) is 0 Å². The minimum Gasteiger partial charge on any atom is -0.489 e. The van der Waals surface area contributed by atoms with Gasteiger partial charge in [-0.15, -0.1) is 0 Å². The number of benzene rings is 3. The predicted molar refractivity (Wildman–Crippen MR) is 116 cm³/mol. The number of esters is 1. The zero-order valence-electron chi connectivity index (χ0n) is 17.1. The average Bonchev–Trinajstić information content (AvgIpc) is 2.78. The van der Waals surface area contributed by atoms with E-state index in [0.717, 1.165) is 16.7 Å². The van der Waals surface area contributed by atoms with Gasteiger partial charge in [-0.2, -0.15) is 0 Å². The van der Waals surface area contributed by atoms with Gasteiger partial charge in [-0.05, 0) is 42.2 Å². The summed E-state index contributed by atoms with van der Waals surface area (Å²) in [6, 6.07) is 24.7. The SMILES string of the molecule is CCOC(=O)C(N)Cc1cc(OCc2ccccc2)cc(OCc2ccccc2)c1. The van der Waals surface area contributed by atoms with Gasteiger partial charge in [0.25, 0.3) is 0 Å². The van der Waals surface area contributed by atoms with Gasteiger partial charge >= 0.3 is 5.97 Å². The largest absolute Gasteiger partial charge is 0.489 e. The third-order valence-corrected chi connectivity index (χ3v) is 4.48. The molecule has 156 valence electrons. The van der Waals surface area contributed by atoms with Crippen LogP contribution >= 0.6 is 0 Å². The quantitative estimate of drug-likeness (QED) is 0.510. The Morgan fingerprint density at radius 2 is 1.30 bits per heavy atom. The molecule has 0 aliphatic carbocycles. The molecule has 0 heterocycles. The summed E-state index contributed by atoms with van der Waals surface area (Å²) in [6.45, 7) is 2.94. The number of rotatable bonds is 10. The van der Waals surface area contributed by atoms with E-state index in [1.807, 2.05) is 78.9 Å². The molecule has 0 aliphatic rings. The number of ether oxygens (including phenoxy) is 3. The third-order valence-electron chi connectivity index (χ3n) is 4.48. The highest BCUT2D eigenvalue weighted by atomic mass is 16.5. The topological polar surface area (TPSA) is 70.8 Å². The van der Waals surface area contributed by atoms with Crippen LogP contribution < -0.4 is 15.2 Å². The molecule has 0 amide bonds. The Labute approximate surface area is 177 Å². The molecule has 2 N–H and O–H groups in total. The van der Waals surface area contributed by atoms with Crippen molar-refractivity contribution in [1.29, 1.82) is 0 Å². The van der Waals surface area contributed by atoms with Crippen LogP contribution in [0.2, 0.25) is 0 Å². The average molecular weight is 405 g/mol. The summed E-state index contributed by atoms with van der Waals surface area (Å²) in [4.78, 5) is 11.9. The van der Waals surface area contributed by atoms with Crippen molar-refractivity contribution in [2.75, 3.05) is 6.61 Å². The number of nitrogens with two attached hydrogens (primary N) is 1. The van der Waals surface area contributed by atoms with Crippen LogP contribution in [0.25, 0.3) is 0 Å². The van der Waals surface area contributed by atoms with Crippen molar-refractivity contribution in [2.45, 2.75) is 32.6 Å². The second-order valence-corrected chi connectivity index (χ2v) is 6.92. The zero-order valence-corrected chi connectivity index (χ0v) is 17.1. The van der Waals surface area contributed by atoms with Gasteiger partial charge in [-0.1, -0.05) is 60.7 Å². The molecule has 1 atom stereocenters. The molecule has 0 aliphatic heterocycles. The lowest BCUT2D eigenvalue weighted by atomic mass is 10.1. The summed E-state index contributed by atoms with van der Waals surface area (Å²) in [7, 11) is 0. The second-order valence-electron chi connectivity index (χ2n) is 6.92. The van der Waals surface area contributed by atoms with Crippen LogP contribution in [0.15, 0.2) is 78.9 Å². The molecule has 0 saturated heterocycles. The van der Waals surface area contributed by atoms with Gasteiger partial charge in [0.1, 0.15) is 30.8 Å². The second kappa shape index (κ2) is 11.0. The first-order chi connectivity index (χ1) is 14.6. The molecule has 5 nitrogen and oxygen atoms in total. The van der Waals surface area contributed by atoms with Crippen LogP contribution in [0.1, 0.15) is 23.6 Å². The molecule has 1 unspecified atom stereocenters. The normalized spacial score (nSPS) is 11.5. The Morgan fingerprint density at radius 1 is 0.800 bits per heavy atom. The van der Waals surface area contributed by atoms with Crippen molar-refractivity contribution in [3.8, 4) is 11.5 Å². The highest BCUT2D eigenvalue weighted by Crippen LogP contribution is 2.25. The summed E-state index contributed by atoms with van der Waals surface area (Å²) < 4.78 is 17.0. The summed E-state index contributed by atoms with van der Waals surface area (Å²) in [5.74, 6) is 0.908. The molecule has 3 aromatic rings. The molecule has 3 aromatic carbocycles. The van der Waals surface area contributed by atoms with Gasteiger partial charge in [0.05, 0.1) is 6.61 Å². The van der Waals surface area contributed by atoms with E-state index in [4.69, 9.17) is 19.9 Å². The van der Waals surface area contributed by atoms with Crippen molar-refractivity contribution >= 4 is 5.97 Å². The lowest BCUT2D eigenvalue weighted by Crippen LogP contribution is -2.34. The molecular weight excluding hydrogens is 378 g/mol. The lowest BCUT2D eigenvalue weighted by molar-refractivity contribution is -0.144. The Balaban J connectivity index is 1.74. The van der Waals surface area contributed by atoms with Gasteiger partial charge in [0, 0.05) is 6.07 Å². The minimum atomic E-state index is -0.740. The molecule has 5 heteroatoms. The molecule has 30 heavy (non-hydrogen) atoms. The van der Waals surface area contributed by atoms with Gasteiger partial charge in [-0.25, -0.2) is 0 Å². The minimum absolute atomic E-state index is 0.304. The van der Waals surface area contributed by atoms with Crippen LogP contribution in [0.4, 0.5) is 0 Å². The predicted octanol–water partition coefficient (Wildman–Crippen LogP) is 4.28. The highest BCUT2D eigenvalue weighted by molar-refractivity contribution is 5.75. The first-order valence-corrected chi connectivity index (χ1v) is 10.0. The fraction of sp³-hybridized carbons (Fsp3) is 0.240. The van der Waals surface area contributed by atoms with Gasteiger partial charge in [0.2, 0.25) is 0 Å². The maximum Gasteiger partial charge on any atom is 0.323 e. The van der Waals surface area contributed by atoms with E-state index in [0.29, 0.717) is 37.7 Å². The maximum atomic E-state index is 11.9. The van der Waals surface area contributed by atoms with Gasteiger partial charge < -0.3 is 19.9 Å². The Bertz CT molecular complexity index is 867. The van der Waals surface area contributed by atoms with E-state index in [9.17, 15) is 4.79 Å². The van der Waals surface area contributed by atoms with Crippen LogP contribution in [0, 0.1) is 0 Å². The van der Waals surface area contributed by atoms with E-state index >= 15 is 0 Å². The van der Waals surface area contributed by atoms with E-state index < -0.39 is 12.0 Å². The summed E-state index contributed by atoms with van der Waals surface area (Å²) in [6.07, 6.45) is 0.336. The number of carbonyl (C=O) groups excluding carboxylic acids is 1. The smallest absolute Gasteiger partial charge is 0.323 e. The van der Waals surface area contributed by atoms with Crippen LogP contribution in [-0.2, 0) is 29.2 Å². The molecule has 0 aromatic heterocycles. The fourth-order valence-corrected chi connectivity index (χ4v) is 2.98. The Morgan fingerprint density at radius 3 is 1.77 bits per heavy atom. The zero-order chi connectivity index (χ0) is 21.2. The Hall–Kier alpha value is -3.31. The number of carbonyl (C=O) groups is 1. The van der Waals surface area contributed by atoms with Crippen LogP contribution in [-0.4, -0.2) is 18.6 Å². The van der Waals surface area contributed by atoms with E-state index in [1.165, 1.54) is 0 Å². The van der Waals surface area contributed by atoms with Gasteiger partial charge in [-0.3, -0.25) is 4.79 Å². The Kier molecular flexibility index (Phi) is 7.86. The van der Waals surface area contributed by atoms with E-state index in [2.05, 4.69) is 0 Å². The van der Waals surface area contributed by atoms with Crippen molar-refractivity contribution in [3.05, 3.63) is 95.6 Å². The fourth-order valence-electron chi connectivity index (χ4n) is 2.98. The molecule has 0 bridgehead atoms. The van der Waals surface area contributed by atoms with Crippen molar-refractivity contribution in [3.63, 3.8) is 0 Å².